The van der Waals surface area contributed by atoms with Gasteiger partial charge < -0.3 is 5.32 Å². The third-order valence-corrected chi connectivity index (χ3v) is 4.59. The van der Waals surface area contributed by atoms with Gasteiger partial charge in [-0.25, -0.2) is 0 Å². The van der Waals surface area contributed by atoms with Crippen LogP contribution in [0.1, 0.15) is 37.8 Å². The topological polar surface area (TPSA) is 15.3 Å². The van der Waals surface area contributed by atoms with Gasteiger partial charge in [0.05, 0.1) is 0 Å². The van der Waals surface area contributed by atoms with Gasteiger partial charge in [0.25, 0.3) is 0 Å². The lowest BCUT2D eigenvalue weighted by atomic mass is 9.96. The zero-order chi connectivity index (χ0) is 13.7. The van der Waals surface area contributed by atoms with Crippen molar-refractivity contribution in [1.29, 1.82) is 0 Å². The molecule has 0 saturated carbocycles. The van der Waals surface area contributed by atoms with Crippen molar-refractivity contribution in [3.63, 3.8) is 0 Å². The fourth-order valence-electron chi connectivity index (χ4n) is 3.13. The van der Waals surface area contributed by atoms with Crippen LogP contribution in [0.3, 0.4) is 0 Å². The Balaban J connectivity index is 1.99. The molecule has 1 aromatic carbocycles. The molecule has 0 amide bonds. The van der Waals surface area contributed by atoms with E-state index < -0.39 is 0 Å². The number of piperidine rings is 1. The summed E-state index contributed by atoms with van der Waals surface area (Å²) in [6, 6.07) is 9.26. The molecular formula is C16H25BrN2. The van der Waals surface area contributed by atoms with E-state index in [1.54, 1.807) is 0 Å². The van der Waals surface area contributed by atoms with Gasteiger partial charge in [-0.2, -0.15) is 0 Å². The summed E-state index contributed by atoms with van der Waals surface area (Å²) in [5, 5.41) is 3.51. The quantitative estimate of drug-likeness (QED) is 0.885. The summed E-state index contributed by atoms with van der Waals surface area (Å²) in [7, 11) is 2.27. The molecule has 0 bridgehead atoms. The van der Waals surface area contributed by atoms with Gasteiger partial charge in [0.1, 0.15) is 0 Å². The van der Waals surface area contributed by atoms with Crippen LogP contribution in [0.25, 0.3) is 0 Å². The molecule has 0 spiro atoms. The average molecular weight is 325 g/mol. The maximum absolute atomic E-state index is 3.58. The van der Waals surface area contributed by atoms with Gasteiger partial charge in [-0.1, -0.05) is 35.0 Å². The molecule has 1 N–H and O–H groups in total. The summed E-state index contributed by atoms with van der Waals surface area (Å²) in [6.07, 6.45) is 3.85. The normalized spacial score (nSPS) is 21.6. The SMILES string of the molecule is CCC(c1cccc(Br)c1)N(C)CC1CCCNC1. The van der Waals surface area contributed by atoms with E-state index in [1.165, 1.54) is 42.5 Å². The largest absolute Gasteiger partial charge is 0.316 e. The minimum absolute atomic E-state index is 0.527. The third-order valence-electron chi connectivity index (χ3n) is 4.10. The predicted molar refractivity (Wildman–Crippen MR) is 85.4 cm³/mol. The summed E-state index contributed by atoms with van der Waals surface area (Å²) in [6.45, 7) is 5.85. The van der Waals surface area contributed by atoms with E-state index in [4.69, 9.17) is 0 Å². The summed E-state index contributed by atoms with van der Waals surface area (Å²) < 4.78 is 1.18. The maximum Gasteiger partial charge on any atom is 0.0342 e. The lowest BCUT2D eigenvalue weighted by Gasteiger charge is -2.33. The first-order valence-electron chi connectivity index (χ1n) is 7.37. The van der Waals surface area contributed by atoms with E-state index in [-0.39, 0.29) is 0 Å². The van der Waals surface area contributed by atoms with Crippen LogP contribution < -0.4 is 5.32 Å². The van der Waals surface area contributed by atoms with E-state index in [0.717, 1.165) is 12.3 Å². The molecule has 2 atom stereocenters. The van der Waals surface area contributed by atoms with Crippen molar-refractivity contribution in [2.45, 2.75) is 32.2 Å². The Morgan fingerprint density at radius 1 is 1.47 bits per heavy atom. The third kappa shape index (κ3) is 4.30. The van der Waals surface area contributed by atoms with Crippen molar-refractivity contribution >= 4 is 15.9 Å². The monoisotopic (exact) mass is 324 g/mol. The molecule has 1 aliphatic heterocycles. The fourth-order valence-corrected chi connectivity index (χ4v) is 3.55. The van der Waals surface area contributed by atoms with Crippen LogP contribution in [-0.4, -0.2) is 31.6 Å². The van der Waals surface area contributed by atoms with Crippen LogP contribution in [0.5, 0.6) is 0 Å². The molecule has 0 aromatic heterocycles. The number of rotatable bonds is 5. The first kappa shape index (κ1) is 15.0. The highest BCUT2D eigenvalue weighted by Crippen LogP contribution is 2.26. The van der Waals surface area contributed by atoms with Gasteiger partial charge in [-0.3, -0.25) is 4.90 Å². The average Bonchev–Trinajstić information content (AvgIpc) is 2.41. The van der Waals surface area contributed by atoms with Gasteiger partial charge in [0, 0.05) is 17.1 Å². The molecule has 3 heteroatoms. The Morgan fingerprint density at radius 2 is 2.32 bits per heavy atom. The number of hydrogen-bond acceptors (Lipinski definition) is 2. The van der Waals surface area contributed by atoms with Crippen LogP contribution in [0.4, 0.5) is 0 Å². The highest BCUT2D eigenvalue weighted by Gasteiger charge is 2.20. The van der Waals surface area contributed by atoms with E-state index in [9.17, 15) is 0 Å². The molecule has 1 saturated heterocycles. The van der Waals surface area contributed by atoms with Crippen LogP contribution >= 0.6 is 15.9 Å². The maximum atomic E-state index is 3.58. The van der Waals surface area contributed by atoms with Crippen LogP contribution in [-0.2, 0) is 0 Å². The first-order valence-corrected chi connectivity index (χ1v) is 8.16. The molecule has 2 nitrogen and oxygen atoms in total. The summed E-state index contributed by atoms with van der Waals surface area (Å²) in [5.74, 6) is 0.806. The van der Waals surface area contributed by atoms with Crippen LogP contribution in [0.15, 0.2) is 28.7 Å². The van der Waals surface area contributed by atoms with Crippen LogP contribution in [0, 0.1) is 5.92 Å². The number of nitrogens with zero attached hydrogens (tertiary/aromatic N) is 1. The zero-order valence-electron chi connectivity index (χ0n) is 12.0. The van der Waals surface area contributed by atoms with Crippen LogP contribution in [0.2, 0.25) is 0 Å². The minimum Gasteiger partial charge on any atom is -0.316 e. The first-order chi connectivity index (χ1) is 9.20. The van der Waals surface area contributed by atoms with Crippen molar-refractivity contribution in [2.75, 3.05) is 26.7 Å². The Labute approximate surface area is 125 Å². The smallest absolute Gasteiger partial charge is 0.0342 e. The molecule has 106 valence electrons. The Morgan fingerprint density at radius 3 is 2.95 bits per heavy atom. The van der Waals surface area contributed by atoms with Crippen molar-refractivity contribution in [1.82, 2.24) is 10.2 Å². The molecule has 1 heterocycles. The van der Waals surface area contributed by atoms with Gasteiger partial charge in [0.15, 0.2) is 0 Å². The van der Waals surface area contributed by atoms with E-state index in [0.29, 0.717) is 6.04 Å². The van der Waals surface area contributed by atoms with Crippen molar-refractivity contribution in [3.05, 3.63) is 34.3 Å². The summed E-state index contributed by atoms with van der Waals surface area (Å²) >= 11 is 3.58. The van der Waals surface area contributed by atoms with Gasteiger partial charge in [0.2, 0.25) is 0 Å². The van der Waals surface area contributed by atoms with Gasteiger partial charge in [-0.05, 0) is 63.0 Å². The Bertz CT molecular complexity index is 388. The lowest BCUT2D eigenvalue weighted by Crippen LogP contribution is -2.38. The zero-order valence-corrected chi connectivity index (χ0v) is 13.6. The second-order valence-corrected chi connectivity index (χ2v) is 6.55. The Kier molecular flexibility index (Phi) is 5.86. The summed E-state index contributed by atoms with van der Waals surface area (Å²) in [5.41, 5.74) is 1.42. The van der Waals surface area contributed by atoms with Crippen molar-refractivity contribution in [3.8, 4) is 0 Å². The molecule has 2 unspecified atom stereocenters. The molecule has 0 aliphatic carbocycles. The van der Waals surface area contributed by atoms with E-state index >= 15 is 0 Å². The Hall–Kier alpha value is -0.380. The predicted octanol–water partition coefficient (Wildman–Crippen LogP) is 3.83. The standard InChI is InChI=1S/C16H25BrN2/c1-3-16(14-7-4-8-15(17)10-14)19(2)12-13-6-5-9-18-11-13/h4,7-8,10,13,16,18H,3,5-6,9,11-12H2,1-2H3. The molecule has 2 rings (SSSR count). The number of nitrogens with one attached hydrogen (secondary N) is 1. The second-order valence-electron chi connectivity index (χ2n) is 5.63. The van der Waals surface area contributed by atoms with E-state index in [2.05, 4.69) is 64.4 Å². The second kappa shape index (κ2) is 7.41. The van der Waals surface area contributed by atoms with Crippen molar-refractivity contribution < 1.29 is 0 Å². The molecule has 1 fully saturated rings. The fraction of sp³-hybridized carbons (Fsp3) is 0.625. The highest BCUT2D eigenvalue weighted by atomic mass is 79.9. The lowest BCUT2D eigenvalue weighted by molar-refractivity contribution is 0.185. The van der Waals surface area contributed by atoms with E-state index in [1.807, 2.05) is 0 Å². The summed E-state index contributed by atoms with van der Waals surface area (Å²) in [4.78, 5) is 2.53. The molecule has 1 aliphatic rings. The molecule has 1 aromatic rings. The van der Waals surface area contributed by atoms with Gasteiger partial charge >= 0.3 is 0 Å². The van der Waals surface area contributed by atoms with Crippen molar-refractivity contribution in [2.24, 2.45) is 5.92 Å². The molecule has 19 heavy (non-hydrogen) atoms. The van der Waals surface area contributed by atoms with Gasteiger partial charge in [-0.15, -0.1) is 0 Å². The highest BCUT2D eigenvalue weighted by molar-refractivity contribution is 9.10. The number of benzene rings is 1. The molecular weight excluding hydrogens is 300 g/mol. The molecule has 0 radical (unpaired) electrons. The minimum atomic E-state index is 0.527. The number of halogens is 1. The number of hydrogen-bond donors (Lipinski definition) is 1.